The Morgan fingerprint density at radius 2 is 2.45 bits per heavy atom. The molecule has 0 fully saturated rings. The molecule has 0 aliphatic carbocycles. The van der Waals surface area contributed by atoms with Crippen LogP contribution in [-0.4, -0.2) is 10.1 Å². The van der Waals surface area contributed by atoms with Crippen molar-refractivity contribution in [2.45, 2.75) is 0 Å². The summed E-state index contributed by atoms with van der Waals surface area (Å²) in [7, 11) is 0. The molecule has 2 heterocycles. The molecule has 2 rings (SSSR count). The molecule has 56 valence electrons. The first-order valence-corrected chi connectivity index (χ1v) is 4.14. The Bertz CT molecular complexity index is 343. The molecule has 0 aliphatic heterocycles. The summed E-state index contributed by atoms with van der Waals surface area (Å²) in [6, 6.07) is 1.74. The topological polar surface area (TPSA) is 38.9 Å². The van der Waals surface area contributed by atoms with Gasteiger partial charge in [-0.3, -0.25) is 0 Å². The summed E-state index contributed by atoms with van der Waals surface area (Å²) in [4.78, 5) is 4.00. The van der Waals surface area contributed by atoms with Crippen LogP contribution < -0.4 is 0 Å². The van der Waals surface area contributed by atoms with E-state index in [9.17, 15) is 0 Å². The molecule has 0 aromatic carbocycles. The molecule has 0 atom stereocenters. The van der Waals surface area contributed by atoms with E-state index in [4.69, 9.17) is 16.1 Å². The normalized spacial score (nSPS) is 10.3. The van der Waals surface area contributed by atoms with Crippen molar-refractivity contribution in [3.8, 4) is 11.5 Å². The van der Waals surface area contributed by atoms with E-state index in [1.165, 1.54) is 11.3 Å². The molecule has 0 unspecified atom stereocenters. The van der Waals surface area contributed by atoms with Gasteiger partial charge in [0, 0.05) is 11.4 Å². The second-order valence-electron chi connectivity index (χ2n) is 1.86. The summed E-state index contributed by atoms with van der Waals surface area (Å²) < 4.78 is 5.38. The zero-order chi connectivity index (χ0) is 7.68. The van der Waals surface area contributed by atoms with Crippen LogP contribution >= 0.6 is 22.9 Å². The van der Waals surface area contributed by atoms with Crippen LogP contribution in [0.4, 0.5) is 0 Å². The number of thiazole rings is 1. The smallest absolute Gasteiger partial charge is 0.186 e. The first-order valence-electron chi connectivity index (χ1n) is 2.88. The lowest BCUT2D eigenvalue weighted by Gasteiger charge is -1.82. The molecule has 2 aromatic heterocycles. The second-order valence-corrected chi connectivity index (χ2v) is 3.30. The van der Waals surface area contributed by atoms with Crippen molar-refractivity contribution >= 4 is 22.9 Å². The average molecular weight is 187 g/mol. The highest BCUT2D eigenvalue weighted by molar-refractivity contribution is 7.14. The maximum Gasteiger partial charge on any atom is 0.186 e. The Morgan fingerprint density at radius 1 is 1.55 bits per heavy atom. The third-order valence-corrected chi connectivity index (χ3v) is 2.15. The van der Waals surface area contributed by atoms with Gasteiger partial charge in [0.25, 0.3) is 0 Å². The highest BCUT2D eigenvalue weighted by atomic mass is 35.5. The predicted molar refractivity (Wildman–Crippen MR) is 42.6 cm³/mol. The Hall–Kier alpha value is -0.870. The van der Waals surface area contributed by atoms with E-state index in [1.807, 2.05) is 5.38 Å². The summed E-state index contributed by atoms with van der Waals surface area (Å²) in [5.74, 6) is 0.646. The van der Waals surface area contributed by atoms with Gasteiger partial charge in [-0.25, -0.2) is 4.98 Å². The molecule has 0 spiro atoms. The van der Waals surface area contributed by atoms with Crippen LogP contribution in [0.25, 0.3) is 11.5 Å². The summed E-state index contributed by atoms with van der Waals surface area (Å²) in [6.45, 7) is 0. The highest BCUT2D eigenvalue weighted by Gasteiger charge is 2.04. The van der Waals surface area contributed by atoms with Crippen LogP contribution in [-0.2, 0) is 0 Å². The van der Waals surface area contributed by atoms with Gasteiger partial charge < -0.3 is 4.52 Å². The molecule has 0 bridgehead atoms. The number of hydrogen-bond donors (Lipinski definition) is 0. The van der Waals surface area contributed by atoms with E-state index in [2.05, 4.69) is 10.1 Å². The van der Waals surface area contributed by atoms with Crippen LogP contribution in [0, 0.1) is 0 Å². The van der Waals surface area contributed by atoms with Crippen LogP contribution in [0.1, 0.15) is 0 Å². The minimum atomic E-state index is 0.511. The lowest BCUT2D eigenvalue weighted by molar-refractivity contribution is 0.431. The van der Waals surface area contributed by atoms with Gasteiger partial charge in [0.05, 0.1) is 6.20 Å². The zero-order valence-corrected chi connectivity index (χ0v) is 6.89. The Balaban J connectivity index is 2.45. The monoisotopic (exact) mass is 186 g/mol. The zero-order valence-electron chi connectivity index (χ0n) is 5.32. The van der Waals surface area contributed by atoms with Gasteiger partial charge in [0.15, 0.2) is 10.2 Å². The molecule has 5 heteroatoms. The molecule has 11 heavy (non-hydrogen) atoms. The number of halogens is 1. The third kappa shape index (κ3) is 1.27. The van der Waals surface area contributed by atoms with E-state index in [0.717, 1.165) is 5.69 Å². The minimum Gasteiger partial charge on any atom is -0.355 e. The first-order chi connectivity index (χ1) is 5.36. The fourth-order valence-corrected chi connectivity index (χ4v) is 1.47. The molecule has 3 nitrogen and oxygen atoms in total. The highest BCUT2D eigenvalue weighted by Crippen LogP contribution is 2.23. The van der Waals surface area contributed by atoms with E-state index < -0.39 is 0 Å². The van der Waals surface area contributed by atoms with Crippen molar-refractivity contribution in [3.63, 3.8) is 0 Å². The van der Waals surface area contributed by atoms with Gasteiger partial charge in [-0.2, -0.15) is 0 Å². The van der Waals surface area contributed by atoms with Crippen LogP contribution in [0.2, 0.25) is 4.47 Å². The van der Waals surface area contributed by atoms with Crippen molar-refractivity contribution in [2.24, 2.45) is 0 Å². The van der Waals surface area contributed by atoms with Gasteiger partial charge >= 0.3 is 0 Å². The molecule has 0 saturated carbocycles. The summed E-state index contributed by atoms with van der Waals surface area (Å²) in [5, 5.41) is 5.38. The van der Waals surface area contributed by atoms with Gasteiger partial charge in [0.2, 0.25) is 0 Å². The van der Waals surface area contributed by atoms with Gasteiger partial charge in [-0.15, -0.1) is 11.3 Å². The predicted octanol–water partition coefficient (Wildman–Crippen LogP) is 2.45. The standard InChI is InChI=1S/C6H3ClN2OS/c7-6-9-4(3-11-6)5-1-2-8-10-5/h1-3H. The molecule has 0 amide bonds. The Labute approximate surface area is 71.6 Å². The van der Waals surface area contributed by atoms with Crippen LogP contribution in [0.15, 0.2) is 22.2 Å². The fourth-order valence-electron chi connectivity index (χ4n) is 0.713. The third-order valence-electron chi connectivity index (χ3n) is 1.17. The molecule has 0 aliphatic rings. The van der Waals surface area contributed by atoms with E-state index in [1.54, 1.807) is 12.3 Å². The maximum absolute atomic E-state index is 5.62. The van der Waals surface area contributed by atoms with Crippen molar-refractivity contribution in [2.75, 3.05) is 0 Å². The largest absolute Gasteiger partial charge is 0.355 e. The number of hydrogen-bond acceptors (Lipinski definition) is 4. The quantitative estimate of drug-likeness (QED) is 0.687. The van der Waals surface area contributed by atoms with Crippen LogP contribution in [0.3, 0.4) is 0 Å². The van der Waals surface area contributed by atoms with Crippen molar-refractivity contribution in [1.82, 2.24) is 10.1 Å². The molecule has 0 radical (unpaired) electrons. The number of nitrogens with zero attached hydrogens (tertiary/aromatic N) is 2. The summed E-state index contributed by atoms with van der Waals surface area (Å²) >= 11 is 6.99. The summed E-state index contributed by atoms with van der Waals surface area (Å²) in [5.41, 5.74) is 0.734. The fraction of sp³-hybridized carbons (Fsp3) is 0. The van der Waals surface area contributed by atoms with E-state index in [-0.39, 0.29) is 0 Å². The van der Waals surface area contributed by atoms with Crippen molar-refractivity contribution < 1.29 is 4.52 Å². The first kappa shape index (κ1) is 6.82. The molecule has 0 N–H and O–H groups in total. The SMILES string of the molecule is Clc1nc(-c2ccno2)cs1. The minimum absolute atomic E-state index is 0.511. The second kappa shape index (κ2) is 2.64. The molecular formula is C6H3ClN2OS. The van der Waals surface area contributed by atoms with Gasteiger partial charge in [-0.1, -0.05) is 16.8 Å². The summed E-state index contributed by atoms with van der Waals surface area (Å²) in [6.07, 6.45) is 1.57. The average Bonchev–Trinajstić information content (AvgIpc) is 2.55. The molecular weight excluding hydrogens is 184 g/mol. The molecule has 0 saturated heterocycles. The lowest BCUT2D eigenvalue weighted by Crippen LogP contribution is -1.70. The Morgan fingerprint density at radius 3 is 3.00 bits per heavy atom. The molecule has 2 aromatic rings. The van der Waals surface area contributed by atoms with E-state index in [0.29, 0.717) is 10.2 Å². The maximum atomic E-state index is 5.62. The van der Waals surface area contributed by atoms with Crippen molar-refractivity contribution in [1.29, 1.82) is 0 Å². The Kier molecular flexibility index (Phi) is 1.63. The van der Waals surface area contributed by atoms with Crippen molar-refractivity contribution in [3.05, 3.63) is 22.1 Å². The van der Waals surface area contributed by atoms with Gasteiger partial charge in [-0.05, 0) is 0 Å². The van der Waals surface area contributed by atoms with Gasteiger partial charge in [0.1, 0.15) is 5.69 Å². The van der Waals surface area contributed by atoms with Crippen LogP contribution in [0.5, 0.6) is 0 Å². The lowest BCUT2D eigenvalue weighted by atomic mass is 10.4. The van der Waals surface area contributed by atoms with E-state index >= 15 is 0 Å². The number of rotatable bonds is 1. The number of aromatic nitrogens is 2.